The quantitative estimate of drug-likeness (QED) is 0.789. The van der Waals surface area contributed by atoms with Gasteiger partial charge in [-0.15, -0.1) is 0 Å². The summed E-state index contributed by atoms with van der Waals surface area (Å²) in [4.78, 5) is 0. The number of allylic oxidation sites excluding steroid dienone is 2. The zero-order valence-electron chi connectivity index (χ0n) is 10.8. The molecule has 1 aromatic rings. The summed E-state index contributed by atoms with van der Waals surface area (Å²) < 4.78 is 0. The summed E-state index contributed by atoms with van der Waals surface area (Å²) in [6.45, 7) is 5.78. The van der Waals surface area contributed by atoms with Crippen LogP contribution in [0.15, 0.2) is 29.5 Å². The summed E-state index contributed by atoms with van der Waals surface area (Å²) in [5.74, 6) is 0.146. The van der Waals surface area contributed by atoms with Gasteiger partial charge in [0.1, 0.15) is 0 Å². The predicted octanol–water partition coefficient (Wildman–Crippen LogP) is 4.44. The molecule has 18 heavy (non-hydrogen) atoms. The predicted molar refractivity (Wildman–Crippen MR) is 79.6 cm³/mol. The summed E-state index contributed by atoms with van der Waals surface area (Å²) in [7, 11) is 0. The van der Waals surface area contributed by atoms with E-state index in [0.29, 0.717) is 27.9 Å². The highest BCUT2D eigenvalue weighted by molar-refractivity contribution is 6.34. The lowest BCUT2D eigenvalue weighted by Crippen LogP contribution is -2.16. The first kappa shape index (κ1) is 15.1. The highest BCUT2D eigenvalue weighted by atomic mass is 35.5. The second kappa shape index (κ2) is 6.26. The Morgan fingerprint density at radius 2 is 1.72 bits per heavy atom. The highest BCUT2D eigenvalue weighted by Gasteiger charge is 2.13. The fraction of sp³-hybridized carbons (Fsp3) is 0.357. The van der Waals surface area contributed by atoms with Crippen LogP contribution in [-0.4, -0.2) is 5.71 Å². The van der Waals surface area contributed by atoms with Crippen molar-refractivity contribution >= 4 is 28.9 Å². The van der Waals surface area contributed by atoms with E-state index in [9.17, 15) is 0 Å². The summed E-state index contributed by atoms with van der Waals surface area (Å²) in [5, 5.41) is 9.28. The monoisotopic (exact) mass is 284 g/mol. The molecule has 2 nitrogen and oxygen atoms in total. The Balaban J connectivity index is 3.06. The maximum atomic E-state index is 8.08. The maximum Gasteiger partial charge on any atom is 0.0423 e. The van der Waals surface area contributed by atoms with Gasteiger partial charge in [-0.2, -0.15) is 0 Å². The molecule has 0 aliphatic heterocycles. The van der Waals surface area contributed by atoms with Crippen molar-refractivity contribution in [3.05, 3.63) is 45.1 Å². The molecular formula is C14H18Cl2N2. The number of benzene rings is 1. The third-order valence-electron chi connectivity index (χ3n) is 2.68. The molecule has 0 aliphatic carbocycles. The number of rotatable bonds is 4. The standard InChI is InChI=1S/C14H18Cl2N2/c1-8(2)14(18)13(9(3)17)6-10-4-11(15)7-12(16)5-10/h4-5,7-8,18H,6,17H2,1-3H3/b13-9-,18-14?. The van der Waals surface area contributed by atoms with E-state index in [2.05, 4.69) is 0 Å². The van der Waals surface area contributed by atoms with Crippen LogP contribution >= 0.6 is 23.2 Å². The van der Waals surface area contributed by atoms with Crippen LogP contribution in [0.25, 0.3) is 0 Å². The third kappa shape index (κ3) is 4.04. The van der Waals surface area contributed by atoms with Crippen molar-refractivity contribution in [3.8, 4) is 0 Å². The van der Waals surface area contributed by atoms with Crippen molar-refractivity contribution in [3.63, 3.8) is 0 Å². The van der Waals surface area contributed by atoms with E-state index < -0.39 is 0 Å². The number of nitrogens with one attached hydrogen (secondary N) is 1. The van der Waals surface area contributed by atoms with E-state index >= 15 is 0 Å². The second-order valence-electron chi connectivity index (χ2n) is 4.68. The molecule has 98 valence electrons. The number of halogens is 2. The smallest absolute Gasteiger partial charge is 0.0423 e. The largest absolute Gasteiger partial charge is 0.402 e. The van der Waals surface area contributed by atoms with Gasteiger partial charge >= 0.3 is 0 Å². The molecule has 0 bridgehead atoms. The molecule has 0 saturated heterocycles. The molecule has 0 aliphatic rings. The van der Waals surface area contributed by atoms with E-state index in [4.69, 9.17) is 34.3 Å². The molecule has 0 amide bonds. The lowest BCUT2D eigenvalue weighted by molar-refractivity contribution is 0.864. The van der Waals surface area contributed by atoms with E-state index in [1.165, 1.54) is 0 Å². The Bertz CT molecular complexity index is 466. The molecule has 3 N–H and O–H groups in total. The number of nitrogens with two attached hydrogens (primary N) is 1. The van der Waals surface area contributed by atoms with Gasteiger partial charge in [0.2, 0.25) is 0 Å². The average molecular weight is 285 g/mol. The molecule has 0 unspecified atom stereocenters. The summed E-state index contributed by atoms with van der Waals surface area (Å²) in [6, 6.07) is 5.40. The van der Waals surface area contributed by atoms with E-state index in [1.54, 1.807) is 6.07 Å². The van der Waals surface area contributed by atoms with Crippen LogP contribution in [0.4, 0.5) is 0 Å². The molecule has 0 fully saturated rings. The van der Waals surface area contributed by atoms with E-state index in [1.807, 2.05) is 32.9 Å². The van der Waals surface area contributed by atoms with Crippen molar-refractivity contribution in [2.45, 2.75) is 27.2 Å². The molecule has 0 saturated carbocycles. The fourth-order valence-electron chi connectivity index (χ4n) is 1.71. The van der Waals surface area contributed by atoms with Crippen LogP contribution in [0.1, 0.15) is 26.3 Å². The molecule has 0 spiro atoms. The van der Waals surface area contributed by atoms with Crippen LogP contribution in [0.3, 0.4) is 0 Å². The maximum absolute atomic E-state index is 8.08. The Morgan fingerprint density at radius 1 is 1.22 bits per heavy atom. The Hall–Kier alpha value is -0.990. The summed E-state index contributed by atoms with van der Waals surface area (Å²) >= 11 is 11.9. The molecular weight excluding hydrogens is 267 g/mol. The summed E-state index contributed by atoms with van der Waals surface area (Å²) in [5.41, 5.74) is 8.92. The van der Waals surface area contributed by atoms with Gasteiger partial charge in [0.15, 0.2) is 0 Å². The average Bonchev–Trinajstić information content (AvgIpc) is 2.23. The van der Waals surface area contributed by atoms with Gasteiger partial charge in [0.25, 0.3) is 0 Å². The first-order chi connectivity index (χ1) is 8.31. The van der Waals surface area contributed by atoms with Gasteiger partial charge in [-0.1, -0.05) is 37.0 Å². The van der Waals surface area contributed by atoms with Crippen molar-refractivity contribution in [2.24, 2.45) is 11.7 Å². The van der Waals surface area contributed by atoms with Gasteiger partial charge in [0, 0.05) is 27.9 Å². The normalized spacial score (nSPS) is 12.6. The first-order valence-electron chi connectivity index (χ1n) is 5.80. The summed E-state index contributed by atoms with van der Waals surface area (Å²) in [6.07, 6.45) is 0.583. The highest BCUT2D eigenvalue weighted by Crippen LogP contribution is 2.22. The van der Waals surface area contributed by atoms with E-state index in [-0.39, 0.29) is 5.92 Å². The van der Waals surface area contributed by atoms with Crippen LogP contribution in [-0.2, 0) is 6.42 Å². The Kier molecular flexibility index (Phi) is 5.24. The van der Waals surface area contributed by atoms with Gasteiger partial charge in [-0.05, 0) is 42.2 Å². The van der Waals surface area contributed by atoms with Crippen LogP contribution in [0, 0.1) is 11.3 Å². The zero-order valence-corrected chi connectivity index (χ0v) is 12.4. The Morgan fingerprint density at radius 3 is 2.11 bits per heavy atom. The lowest BCUT2D eigenvalue weighted by atomic mass is 9.93. The molecule has 1 aromatic carbocycles. The topological polar surface area (TPSA) is 49.9 Å². The minimum atomic E-state index is 0.146. The van der Waals surface area contributed by atoms with Crippen molar-refractivity contribution in [1.29, 1.82) is 5.41 Å². The zero-order chi connectivity index (χ0) is 13.9. The fourth-order valence-corrected chi connectivity index (χ4v) is 2.28. The minimum absolute atomic E-state index is 0.146. The molecule has 0 aromatic heterocycles. The van der Waals surface area contributed by atoms with Gasteiger partial charge < -0.3 is 11.1 Å². The van der Waals surface area contributed by atoms with Crippen molar-refractivity contribution < 1.29 is 0 Å². The van der Waals surface area contributed by atoms with Gasteiger partial charge in [0.05, 0.1) is 0 Å². The number of hydrogen-bond donors (Lipinski definition) is 2. The molecule has 4 heteroatoms. The Labute approximate surface area is 118 Å². The van der Waals surface area contributed by atoms with Gasteiger partial charge in [-0.25, -0.2) is 0 Å². The third-order valence-corrected chi connectivity index (χ3v) is 3.12. The lowest BCUT2D eigenvalue weighted by Gasteiger charge is -2.15. The van der Waals surface area contributed by atoms with Crippen molar-refractivity contribution in [2.75, 3.05) is 0 Å². The molecule has 0 radical (unpaired) electrons. The first-order valence-corrected chi connectivity index (χ1v) is 6.56. The van der Waals surface area contributed by atoms with Crippen LogP contribution < -0.4 is 5.73 Å². The molecule has 0 atom stereocenters. The van der Waals surface area contributed by atoms with E-state index in [0.717, 1.165) is 11.1 Å². The molecule has 1 rings (SSSR count). The SMILES string of the molecule is C/C(N)=C(\Cc1cc(Cl)cc(Cl)c1)C(=N)C(C)C. The second-order valence-corrected chi connectivity index (χ2v) is 5.56. The number of hydrogen-bond acceptors (Lipinski definition) is 2. The molecule has 0 heterocycles. The van der Waals surface area contributed by atoms with Crippen LogP contribution in [0.5, 0.6) is 0 Å². The van der Waals surface area contributed by atoms with Crippen LogP contribution in [0.2, 0.25) is 10.0 Å². The van der Waals surface area contributed by atoms with Crippen molar-refractivity contribution in [1.82, 2.24) is 0 Å². The van der Waals surface area contributed by atoms with Gasteiger partial charge in [-0.3, -0.25) is 0 Å². The minimum Gasteiger partial charge on any atom is -0.402 e.